The molecule has 0 aliphatic heterocycles. The van der Waals surface area contributed by atoms with Gasteiger partial charge in [0, 0.05) is 0 Å². The molecule has 1 unspecified atom stereocenters. The zero-order chi connectivity index (χ0) is 13.5. The molecule has 0 saturated heterocycles. The minimum absolute atomic E-state index is 0.0309. The topological polar surface area (TPSA) is 69.2 Å². The second kappa shape index (κ2) is 6.93. The molecule has 0 spiro atoms. The van der Waals surface area contributed by atoms with Crippen molar-refractivity contribution in [1.82, 2.24) is 5.16 Å². The molecule has 0 saturated carbocycles. The zero-order valence-electron chi connectivity index (χ0n) is 11.2. The van der Waals surface area contributed by atoms with Crippen molar-refractivity contribution in [2.24, 2.45) is 5.92 Å². The Morgan fingerprint density at radius 1 is 1.50 bits per heavy atom. The molecule has 5 nitrogen and oxygen atoms in total. The summed E-state index contributed by atoms with van der Waals surface area (Å²) in [5.74, 6) is 0.683. The van der Waals surface area contributed by atoms with Gasteiger partial charge in [-0.1, -0.05) is 37.9 Å². The Kier molecular flexibility index (Phi) is 5.55. The highest BCUT2D eigenvalue weighted by atomic mass is 16.6. The number of nitrogens with zero attached hydrogens (tertiary/aromatic N) is 2. The van der Waals surface area contributed by atoms with E-state index >= 15 is 0 Å². The SMILES string of the molecule is CCCCC(/C=C/c1onc(C)c1[N+](=O)[O-])CC. The third kappa shape index (κ3) is 3.68. The van der Waals surface area contributed by atoms with E-state index < -0.39 is 4.92 Å². The molecule has 0 aromatic carbocycles. The Morgan fingerprint density at radius 3 is 2.78 bits per heavy atom. The fraction of sp³-hybridized carbons (Fsp3) is 0.615. The Hall–Kier alpha value is -1.65. The Morgan fingerprint density at radius 2 is 2.22 bits per heavy atom. The van der Waals surface area contributed by atoms with Gasteiger partial charge >= 0.3 is 5.69 Å². The van der Waals surface area contributed by atoms with Gasteiger partial charge in [-0.15, -0.1) is 0 Å². The van der Waals surface area contributed by atoms with Gasteiger partial charge in [0.1, 0.15) is 0 Å². The van der Waals surface area contributed by atoms with Crippen LogP contribution in [0.3, 0.4) is 0 Å². The van der Waals surface area contributed by atoms with E-state index in [1.807, 2.05) is 6.08 Å². The first kappa shape index (κ1) is 14.4. The molecular formula is C13H20N2O3. The summed E-state index contributed by atoms with van der Waals surface area (Å²) in [7, 11) is 0. The van der Waals surface area contributed by atoms with Gasteiger partial charge in [0.15, 0.2) is 5.69 Å². The number of unbranched alkanes of at least 4 members (excludes halogenated alkanes) is 1. The Bertz CT molecular complexity index is 424. The first-order chi connectivity index (χ1) is 8.60. The Balaban J connectivity index is 2.79. The molecule has 0 radical (unpaired) electrons. The average Bonchev–Trinajstić information content (AvgIpc) is 2.71. The van der Waals surface area contributed by atoms with Crippen molar-refractivity contribution in [3.8, 4) is 0 Å². The van der Waals surface area contributed by atoms with Crippen LogP contribution < -0.4 is 0 Å². The van der Waals surface area contributed by atoms with Crippen LogP contribution in [0.25, 0.3) is 6.08 Å². The lowest BCUT2D eigenvalue weighted by molar-refractivity contribution is -0.386. The van der Waals surface area contributed by atoms with Crippen LogP contribution >= 0.6 is 0 Å². The van der Waals surface area contributed by atoms with Crippen LogP contribution in [0, 0.1) is 23.0 Å². The number of rotatable bonds is 7. The molecule has 1 aromatic rings. The molecule has 1 heterocycles. The first-order valence-corrected chi connectivity index (χ1v) is 6.39. The second-order valence-electron chi connectivity index (χ2n) is 4.41. The van der Waals surface area contributed by atoms with Crippen molar-refractivity contribution in [3.05, 3.63) is 27.6 Å². The van der Waals surface area contributed by atoms with Crippen LogP contribution in [0.4, 0.5) is 5.69 Å². The molecular weight excluding hydrogens is 232 g/mol. The molecule has 0 N–H and O–H groups in total. The van der Waals surface area contributed by atoms with E-state index in [9.17, 15) is 10.1 Å². The van der Waals surface area contributed by atoms with Crippen LogP contribution in [-0.2, 0) is 0 Å². The van der Waals surface area contributed by atoms with Crippen molar-refractivity contribution in [3.63, 3.8) is 0 Å². The molecule has 0 amide bonds. The van der Waals surface area contributed by atoms with Crippen LogP contribution in [0.1, 0.15) is 51.0 Å². The molecule has 0 fully saturated rings. The quantitative estimate of drug-likeness (QED) is 0.540. The lowest BCUT2D eigenvalue weighted by Gasteiger charge is -2.07. The van der Waals surface area contributed by atoms with Crippen molar-refractivity contribution in [1.29, 1.82) is 0 Å². The minimum Gasteiger partial charge on any atom is -0.349 e. The van der Waals surface area contributed by atoms with Gasteiger partial charge < -0.3 is 4.52 Å². The summed E-state index contributed by atoms with van der Waals surface area (Å²) in [6, 6.07) is 0. The van der Waals surface area contributed by atoms with Crippen LogP contribution in [0.5, 0.6) is 0 Å². The van der Waals surface area contributed by atoms with E-state index in [0.29, 0.717) is 11.6 Å². The number of aryl methyl sites for hydroxylation is 1. The van der Waals surface area contributed by atoms with Gasteiger partial charge in [-0.05, 0) is 31.8 Å². The number of hydrogen-bond acceptors (Lipinski definition) is 4. The highest BCUT2D eigenvalue weighted by Crippen LogP contribution is 2.25. The number of aromatic nitrogens is 1. The van der Waals surface area contributed by atoms with Crippen molar-refractivity contribution < 1.29 is 9.45 Å². The van der Waals surface area contributed by atoms with Gasteiger partial charge in [-0.3, -0.25) is 10.1 Å². The van der Waals surface area contributed by atoms with Gasteiger partial charge in [-0.25, -0.2) is 0 Å². The molecule has 0 aliphatic rings. The maximum absolute atomic E-state index is 10.9. The van der Waals surface area contributed by atoms with E-state index in [0.717, 1.165) is 19.3 Å². The third-order valence-electron chi connectivity index (χ3n) is 3.01. The monoisotopic (exact) mass is 252 g/mol. The normalized spacial score (nSPS) is 13.1. The number of nitro groups is 1. The molecule has 5 heteroatoms. The van der Waals surface area contributed by atoms with Crippen molar-refractivity contribution in [2.45, 2.75) is 46.5 Å². The molecule has 1 atom stereocenters. The number of allylic oxidation sites excluding steroid dienone is 1. The van der Waals surface area contributed by atoms with E-state index in [1.54, 1.807) is 13.0 Å². The van der Waals surface area contributed by atoms with Gasteiger partial charge in [0.25, 0.3) is 0 Å². The fourth-order valence-corrected chi connectivity index (χ4v) is 1.84. The summed E-state index contributed by atoms with van der Waals surface area (Å²) >= 11 is 0. The van der Waals surface area contributed by atoms with Crippen molar-refractivity contribution >= 4 is 11.8 Å². The summed E-state index contributed by atoms with van der Waals surface area (Å²) in [4.78, 5) is 10.4. The highest BCUT2D eigenvalue weighted by Gasteiger charge is 2.22. The van der Waals surface area contributed by atoms with Gasteiger partial charge in [-0.2, -0.15) is 0 Å². The summed E-state index contributed by atoms with van der Waals surface area (Å²) in [6.07, 6.45) is 8.12. The van der Waals surface area contributed by atoms with E-state index in [4.69, 9.17) is 4.52 Å². The van der Waals surface area contributed by atoms with Gasteiger partial charge in [0.05, 0.1) is 4.92 Å². The van der Waals surface area contributed by atoms with Crippen LogP contribution in [0.15, 0.2) is 10.6 Å². The highest BCUT2D eigenvalue weighted by molar-refractivity contribution is 5.56. The maximum atomic E-state index is 10.9. The van der Waals surface area contributed by atoms with Crippen LogP contribution in [0.2, 0.25) is 0 Å². The first-order valence-electron chi connectivity index (χ1n) is 6.39. The van der Waals surface area contributed by atoms with Crippen molar-refractivity contribution in [2.75, 3.05) is 0 Å². The molecule has 0 bridgehead atoms. The largest absolute Gasteiger partial charge is 0.349 e. The smallest absolute Gasteiger partial charge is 0.338 e. The standard InChI is InChI=1S/C13H20N2O3/c1-4-6-7-11(5-2)8-9-12-13(15(16)17)10(3)14-18-12/h8-9,11H,4-7H2,1-3H3/b9-8+. The predicted molar refractivity (Wildman–Crippen MR) is 70.2 cm³/mol. The lowest BCUT2D eigenvalue weighted by Crippen LogP contribution is -1.94. The average molecular weight is 252 g/mol. The fourth-order valence-electron chi connectivity index (χ4n) is 1.84. The summed E-state index contributed by atoms with van der Waals surface area (Å²) in [5.41, 5.74) is 0.290. The summed E-state index contributed by atoms with van der Waals surface area (Å²) in [6.45, 7) is 5.85. The second-order valence-corrected chi connectivity index (χ2v) is 4.41. The zero-order valence-corrected chi connectivity index (χ0v) is 11.2. The predicted octanol–water partition coefficient (Wildman–Crippen LogP) is 4.12. The third-order valence-corrected chi connectivity index (χ3v) is 3.01. The minimum atomic E-state index is -0.446. The van der Waals surface area contributed by atoms with E-state index in [-0.39, 0.29) is 11.4 Å². The van der Waals surface area contributed by atoms with Crippen LogP contribution in [-0.4, -0.2) is 10.1 Å². The Labute approximate surface area is 107 Å². The molecule has 1 aromatic heterocycles. The molecule has 0 aliphatic carbocycles. The summed E-state index contributed by atoms with van der Waals surface area (Å²) in [5, 5.41) is 14.5. The molecule has 18 heavy (non-hydrogen) atoms. The number of hydrogen-bond donors (Lipinski definition) is 0. The maximum Gasteiger partial charge on any atom is 0.338 e. The summed E-state index contributed by atoms with van der Waals surface area (Å²) < 4.78 is 4.98. The van der Waals surface area contributed by atoms with E-state index in [1.165, 1.54) is 6.42 Å². The van der Waals surface area contributed by atoms with E-state index in [2.05, 4.69) is 19.0 Å². The van der Waals surface area contributed by atoms with Gasteiger partial charge in [0.2, 0.25) is 5.76 Å². The lowest BCUT2D eigenvalue weighted by atomic mass is 9.98. The molecule has 100 valence electrons. The molecule has 1 rings (SSSR count).